The molecule has 0 aromatic heterocycles. The molecule has 3 nitrogen and oxygen atoms in total. The monoisotopic (exact) mass is 218 g/mol. The van der Waals surface area contributed by atoms with Crippen LogP contribution in [0.5, 0.6) is 0 Å². The third-order valence-corrected chi connectivity index (χ3v) is 0.882. The van der Waals surface area contributed by atoms with Crippen LogP contribution in [0.3, 0.4) is 0 Å². The van der Waals surface area contributed by atoms with Gasteiger partial charge in [0, 0.05) is 30.6 Å². The molecule has 0 aromatic carbocycles. The van der Waals surface area contributed by atoms with Crippen LogP contribution in [0, 0.1) is 0 Å². The van der Waals surface area contributed by atoms with Crippen molar-refractivity contribution in [3.8, 4) is 0 Å². The van der Waals surface area contributed by atoms with Gasteiger partial charge in [-0.25, -0.2) is 9.59 Å². The number of hydrogen-bond donors (Lipinski definition) is 0. The molecule has 0 bridgehead atoms. The predicted molar refractivity (Wildman–Crippen MR) is 40.7 cm³/mol. The van der Waals surface area contributed by atoms with E-state index in [1.807, 2.05) is 0 Å². The van der Waals surface area contributed by atoms with Gasteiger partial charge in [0.1, 0.15) is 0 Å². The van der Waals surface area contributed by atoms with Crippen molar-refractivity contribution in [3.63, 3.8) is 0 Å². The van der Waals surface area contributed by atoms with E-state index in [2.05, 4.69) is 17.9 Å². The number of rotatable bonds is 2. The van der Waals surface area contributed by atoms with Crippen molar-refractivity contribution in [2.45, 2.75) is 13.8 Å². The Balaban J connectivity index is 0. The maximum absolute atomic E-state index is 10.7. The van der Waals surface area contributed by atoms with Gasteiger partial charge in [-0.15, -0.1) is 0 Å². The zero-order valence-corrected chi connectivity index (χ0v) is 10.3. The Morgan fingerprint density at radius 3 is 1.42 bits per heavy atom. The molecule has 0 aromatic rings. The van der Waals surface area contributed by atoms with E-state index in [0.717, 1.165) is 0 Å². The number of carbonyl (C=O) groups excluding carboxylic acids is 2. The summed E-state index contributed by atoms with van der Waals surface area (Å²) in [6, 6.07) is 0. The van der Waals surface area contributed by atoms with Gasteiger partial charge in [-0.1, -0.05) is 13.2 Å². The van der Waals surface area contributed by atoms with Crippen LogP contribution in [0.25, 0.3) is 0 Å². The smallest absolute Gasteiger partial charge is 0.340 e. The summed E-state index contributed by atoms with van der Waals surface area (Å²) in [7, 11) is 0. The standard InChI is InChI=1S/C8H10O3.Zn/c1-5(2)7(9)11-8(10)6(3)4;/h1,3H2,2,4H3;. The van der Waals surface area contributed by atoms with Crippen molar-refractivity contribution in [1.29, 1.82) is 0 Å². The van der Waals surface area contributed by atoms with Gasteiger partial charge < -0.3 is 4.74 Å². The minimum Gasteiger partial charge on any atom is -0.386 e. The molecule has 0 heterocycles. The fraction of sp³-hybridized carbons (Fsp3) is 0.250. The molecule has 62 valence electrons. The van der Waals surface area contributed by atoms with Crippen LogP contribution in [0.1, 0.15) is 13.8 Å². The minimum atomic E-state index is -0.710. The van der Waals surface area contributed by atoms with Gasteiger partial charge in [-0.2, -0.15) is 0 Å². The molecule has 0 atom stereocenters. The summed E-state index contributed by atoms with van der Waals surface area (Å²) in [5.41, 5.74) is 0.388. The zero-order valence-electron chi connectivity index (χ0n) is 7.35. The molecule has 4 heteroatoms. The first-order chi connectivity index (χ1) is 4.95. The molecule has 0 spiro atoms. The van der Waals surface area contributed by atoms with Gasteiger partial charge in [0.25, 0.3) is 0 Å². The van der Waals surface area contributed by atoms with Crippen LogP contribution in [0.15, 0.2) is 24.3 Å². The van der Waals surface area contributed by atoms with Crippen molar-refractivity contribution in [3.05, 3.63) is 24.3 Å². The van der Waals surface area contributed by atoms with Crippen LogP contribution in [-0.4, -0.2) is 11.9 Å². The second-order valence-corrected chi connectivity index (χ2v) is 2.24. The second kappa shape index (κ2) is 5.84. The van der Waals surface area contributed by atoms with Gasteiger partial charge >= 0.3 is 11.9 Å². The summed E-state index contributed by atoms with van der Waals surface area (Å²) in [5, 5.41) is 0. The first-order valence-corrected chi connectivity index (χ1v) is 3.02. The van der Waals surface area contributed by atoms with Crippen LogP contribution < -0.4 is 0 Å². The topological polar surface area (TPSA) is 43.4 Å². The largest absolute Gasteiger partial charge is 0.386 e. The summed E-state index contributed by atoms with van der Waals surface area (Å²) in [6.45, 7) is 9.55. The summed E-state index contributed by atoms with van der Waals surface area (Å²) in [5.74, 6) is -1.42. The Hall–Kier alpha value is -0.757. The van der Waals surface area contributed by atoms with E-state index in [4.69, 9.17) is 0 Å². The number of hydrogen-bond acceptors (Lipinski definition) is 3. The Kier molecular flexibility index (Phi) is 6.72. The number of ether oxygens (including phenoxy) is 1. The van der Waals surface area contributed by atoms with Crippen LogP contribution >= 0.6 is 0 Å². The molecule has 0 aliphatic rings. The second-order valence-electron chi connectivity index (χ2n) is 2.24. The van der Waals surface area contributed by atoms with Crippen molar-refractivity contribution < 1.29 is 33.8 Å². The van der Waals surface area contributed by atoms with Crippen LogP contribution in [0.2, 0.25) is 0 Å². The summed E-state index contributed by atoms with van der Waals surface area (Å²) in [4.78, 5) is 21.3. The van der Waals surface area contributed by atoms with E-state index < -0.39 is 11.9 Å². The Labute approximate surface area is 84.2 Å². The van der Waals surface area contributed by atoms with E-state index in [9.17, 15) is 9.59 Å². The van der Waals surface area contributed by atoms with Gasteiger partial charge in [0.15, 0.2) is 0 Å². The van der Waals surface area contributed by atoms with Gasteiger partial charge in [0.05, 0.1) is 0 Å². The van der Waals surface area contributed by atoms with Crippen molar-refractivity contribution in [2.24, 2.45) is 0 Å². The molecule has 0 aliphatic heterocycles. The number of carbonyl (C=O) groups is 2. The van der Waals surface area contributed by atoms with Crippen LogP contribution in [0.4, 0.5) is 0 Å². The molecule has 0 amide bonds. The quantitative estimate of drug-likeness (QED) is 0.303. The predicted octanol–water partition coefficient (Wildman–Crippen LogP) is 1.21. The molecule has 0 fully saturated rings. The number of esters is 2. The first kappa shape index (κ1) is 13.8. The molecule has 0 N–H and O–H groups in total. The first-order valence-electron chi connectivity index (χ1n) is 3.02. The van der Waals surface area contributed by atoms with E-state index in [-0.39, 0.29) is 30.6 Å². The van der Waals surface area contributed by atoms with Crippen molar-refractivity contribution in [2.75, 3.05) is 0 Å². The molecule has 0 aliphatic carbocycles. The maximum Gasteiger partial charge on any atom is 0.340 e. The third-order valence-electron chi connectivity index (χ3n) is 0.882. The molecule has 0 unspecified atom stereocenters. The van der Waals surface area contributed by atoms with E-state index in [1.165, 1.54) is 13.8 Å². The maximum atomic E-state index is 10.7. The fourth-order valence-electron chi connectivity index (χ4n) is 0.258. The van der Waals surface area contributed by atoms with Gasteiger partial charge in [-0.05, 0) is 13.8 Å². The minimum absolute atomic E-state index is 0. The van der Waals surface area contributed by atoms with Gasteiger partial charge in [0.2, 0.25) is 0 Å². The zero-order chi connectivity index (χ0) is 9.02. The molecule has 0 saturated heterocycles. The third kappa shape index (κ3) is 4.97. The average molecular weight is 220 g/mol. The van der Waals surface area contributed by atoms with E-state index in [1.54, 1.807) is 0 Å². The van der Waals surface area contributed by atoms with E-state index >= 15 is 0 Å². The molecular weight excluding hydrogens is 209 g/mol. The van der Waals surface area contributed by atoms with Crippen LogP contribution in [-0.2, 0) is 33.8 Å². The summed E-state index contributed by atoms with van der Waals surface area (Å²) >= 11 is 0. The van der Waals surface area contributed by atoms with Crippen molar-refractivity contribution >= 4 is 11.9 Å². The average Bonchev–Trinajstić information content (AvgIpc) is 1.87. The van der Waals surface area contributed by atoms with Gasteiger partial charge in [-0.3, -0.25) is 0 Å². The Morgan fingerprint density at radius 2 is 1.25 bits per heavy atom. The molecule has 12 heavy (non-hydrogen) atoms. The normalized spacial score (nSPS) is 7.83. The SMILES string of the molecule is C=C(C)C(=O)OC(=O)C(=C)C.[Zn]. The fourth-order valence-corrected chi connectivity index (χ4v) is 0.258. The molecule has 0 saturated carbocycles. The Morgan fingerprint density at radius 1 is 1.00 bits per heavy atom. The molecule has 0 radical (unpaired) electrons. The van der Waals surface area contributed by atoms with Crippen molar-refractivity contribution in [1.82, 2.24) is 0 Å². The summed E-state index contributed by atoms with van der Waals surface area (Å²) < 4.78 is 4.30. The summed E-state index contributed by atoms with van der Waals surface area (Å²) in [6.07, 6.45) is 0. The van der Waals surface area contributed by atoms with E-state index in [0.29, 0.717) is 0 Å². The molecular formula is C8H10O3Zn. The Bertz CT molecular complexity index is 206. The molecule has 0 rings (SSSR count).